The first kappa shape index (κ1) is 16.5. The molecule has 0 spiro atoms. The number of hydrazine groups is 1. The maximum absolute atomic E-state index is 11.9. The van der Waals surface area contributed by atoms with Crippen molar-refractivity contribution in [3.8, 4) is 5.75 Å². The van der Waals surface area contributed by atoms with Gasteiger partial charge in [0, 0.05) is 6.54 Å². The van der Waals surface area contributed by atoms with E-state index < -0.39 is 17.7 Å². The molecule has 0 atom stereocenters. The Kier molecular flexibility index (Phi) is 6.19. The molecule has 21 heavy (non-hydrogen) atoms. The van der Waals surface area contributed by atoms with E-state index in [0.29, 0.717) is 12.3 Å². The van der Waals surface area contributed by atoms with Gasteiger partial charge in [-0.1, -0.05) is 26.0 Å². The lowest BCUT2D eigenvalue weighted by Gasteiger charge is -2.10. The van der Waals surface area contributed by atoms with Gasteiger partial charge in [0.2, 0.25) is 0 Å². The summed E-state index contributed by atoms with van der Waals surface area (Å²) in [6.45, 7) is 4.19. The second kappa shape index (κ2) is 7.88. The molecule has 0 aliphatic carbocycles. The molecule has 0 heterocycles. The highest BCUT2D eigenvalue weighted by molar-refractivity contribution is 6.35. The quantitative estimate of drug-likeness (QED) is 0.547. The van der Waals surface area contributed by atoms with Crippen molar-refractivity contribution in [2.75, 3.05) is 13.7 Å². The van der Waals surface area contributed by atoms with Gasteiger partial charge < -0.3 is 10.1 Å². The molecule has 0 bridgehead atoms. The molecule has 1 rings (SSSR count). The van der Waals surface area contributed by atoms with Crippen molar-refractivity contribution in [3.05, 3.63) is 29.8 Å². The first-order valence-corrected chi connectivity index (χ1v) is 6.47. The second-order valence-corrected chi connectivity index (χ2v) is 4.71. The molecular weight excluding hydrogens is 274 g/mol. The summed E-state index contributed by atoms with van der Waals surface area (Å²) in [6, 6.07) is 6.54. The Balaban J connectivity index is 2.53. The van der Waals surface area contributed by atoms with Gasteiger partial charge in [0.1, 0.15) is 5.75 Å². The molecule has 3 N–H and O–H groups in total. The SMILES string of the molecule is COc1ccccc1C(=O)NNC(=O)C(=O)NCC(C)C. The Bertz CT molecular complexity index is 529. The van der Waals surface area contributed by atoms with Gasteiger partial charge >= 0.3 is 11.8 Å². The number of methoxy groups -OCH3 is 1. The Morgan fingerprint density at radius 1 is 1.10 bits per heavy atom. The average Bonchev–Trinajstić information content (AvgIpc) is 2.49. The van der Waals surface area contributed by atoms with Crippen LogP contribution in [0.3, 0.4) is 0 Å². The summed E-state index contributed by atoms with van der Waals surface area (Å²) in [5.41, 5.74) is 4.47. The second-order valence-electron chi connectivity index (χ2n) is 4.71. The largest absolute Gasteiger partial charge is 0.496 e. The minimum Gasteiger partial charge on any atom is -0.496 e. The summed E-state index contributed by atoms with van der Waals surface area (Å²) < 4.78 is 5.03. The number of benzene rings is 1. The molecule has 0 saturated heterocycles. The van der Waals surface area contributed by atoms with Crippen molar-refractivity contribution in [1.29, 1.82) is 0 Å². The number of amides is 3. The van der Waals surface area contributed by atoms with E-state index in [2.05, 4.69) is 10.7 Å². The minimum atomic E-state index is -0.932. The van der Waals surface area contributed by atoms with Gasteiger partial charge in [-0.3, -0.25) is 25.2 Å². The number of nitrogens with one attached hydrogen (secondary N) is 3. The maximum atomic E-state index is 11.9. The van der Waals surface area contributed by atoms with Gasteiger partial charge in [0.25, 0.3) is 5.91 Å². The molecule has 1 aromatic carbocycles. The monoisotopic (exact) mass is 293 g/mol. The third-order valence-electron chi connectivity index (χ3n) is 2.52. The molecule has 0 aromatic heterocycles. The summed E-state index contributed by atoms with van der Waals surface area (Å²) in [6.07, 6.45) is 0. The number of hydrogen-bond acceptors (Lipinski definition) is 4. The van der Waals surface area contributed by atoms with E-state index in [1.807, 2.05) is 19.3 Å². The number of rotatable bonds is 4. The third-order valence-corrected chi connectivity index (χ3v) is 2.52. The van der Waals surface area contributed by atoms with Gasteiger partial charge in [-0.25, -0.2) is 0 Å². The molecule has 114 valence electrons. The van der Waals surface area contributed by atoms with Crippen molar-refractivity contribution in [2.45, 2.75) is 13.8 Å². The summed E-state index contributed by atoms with van der Waals surface area (Å²) >= 11 is 0. The molecule has 1 aromatic rings. The molecule has 0 radical (unpaired) electrons. The smallest absolute Gasteiger partial charge is 0.327 e. The summed E-state index contributed by atoms with van der Waals surface area (Å²) in [5.74, 6) is -1.71. The van der Waals surface area contributed by atoms with Gasteiger partial charge in [0.15, 0.2) is 0 Å². The van der Waals surface area contributed by atoms with Crippen LogP contribution in [0.4, 0.5) is 0 Å². The van der Waals surface area contributed by atoms with Crippen LogP contribution in [-0.2, 0) is 9.59 Å². The van der Waals surface area contributed by atoms with Crippen molar-refractivity contribution >= 4 is 17.7 Å². The van der Waals surface area contributed by atoms with Crippen LogP contribution < -0.4 is 20.9 Å². The van der Waals surface area contributed by atoms with E-state index in [9.17, 15) is 14.4 Å². The molecule has 7 heteroatoms. The van der Waals surface area contributed by atoms with E-state index in [-0.39, 0.29) is 11.5 Å². The number of para-hydroxylation sites is 1. The predicted molar refractivity (Wildman–Crippen MR) is 76.5 cm³/mol. The number of ether oxygens (including phenoxy) is 1. The van der Waals surface area contributed by atoms with Crippen LogP contribution in [0.2, 0.25) is 0 Å². The van der Waals surface area contributed by atoms with Crippen LogP contribution >= 0.6 is 0 Å². The minimum absolute atomic E-state index is 0.227. The topological polar surface area (TPSA) is 96.5 Å². The van der Waals surface area contributed by atoms with Crippen LogP contribution in [0.1, 0.15) is 24.2 Å². The Hall–Kier alpha value is -2.57. The van der Waals surface area contributed by atoms with Gasteiger partial charge in [-0.2, -0.15) is 0 Å². The number of carbonyl (C=O) groups excluding carboxylic acids is 3. The lowest BCUT2D eigenvalue weighted by Crippen LogP contribution is -2.49. The molecule has 0 saturated carbocycles. The first-order chi connectivity index (χ1) is 9.95. The lowest BCUT2D eigenvalue weighted by atomic mass is 10.2. The predicted octanol–water partition coefficient (Wildman–Crippen LogP) is 0.228. The molecule has 3 amide bonds. The molecule has 0 fully saturated rings. The van der Waals surface area contributed by atoms with E-state index in [1.165, 1.54) is 7.11 Å². The molecule has 0 aliphatic heterocycles. The molecule has 7 nitrogen and oxygen atoms in total. The summed E-state index contributed by atoms with van der Waals surface area (Å²) in [5, 5.41) is 2.44. The number of hydrogen-bond donors (Lipinski definition) is 3. The fourth-order valence-electron chi connectivity index (χ4n) is 1.45. The normalized spacial score (nSPS) is 9.90. The molecular formula is C14H19N3O4. The lowest BCUT2D eigenvalue weighted by molar-refractivity contribution is -0.139. The maximum Gasteiger partial charge on any atom is 0.327 e. The van der Waals surface area contributed by atoms with Gasteiger partial charge in [-0.05, 0) is 18.1 Å². The van der Waals surface area contributed by atoms with E-state index in [0.717, 1.165) is 0 Å². The third kappa shape index (κ3) is 5.13. The first-order valence-electron chi connectivity index (χ1n) is 6.47. The fourth-order valence-corrected chi connectivity index (χ4v) is 1.45. The molecule has 0 aliphatic rings. The Morgan fingerprint density at radius 3 is 2.38 bits per heavy atom. The summed E-state index contributed by atoms with van der Waals surface area (Å²) in [7, 11) is 1.43. The van der Waals surface area contributed by atoms with Crippen molar-refractivity contribution in [3.63, 3.8) is 0 Å². The van der Waals surface area contributed by atoms with Crippen LogP contribution in [0.5, 0.6) is 5.75 Å². The van der Waals surface area contributed by atoms with Crippen molar-refractivity contribution in [2.24, 2.45) is 5.92 Å². The highest BCUT2D eigenvalue weighted by Gasteiger charge is 2.16. The highest BCUT2D eigenvalue weighted by atomic mass is 16.5. The summed E-state index contributed by atoms with van der Waals surface area (Å²) in [4.78, 5) is 34.8. The fraction of sp³-hybridized carbons (Fsp3) is 0.357. The van der Waals surface area contributed by atoms with E-state index in [1.54, 1.807) is 24.3 Å². The standard InChI is InChI=1S/C14H19N3O4/c1-9(2)8-15-13(19)14(20)17-16-12(18)10-6-4-5-7-11(10)21-3/h4-7,9H,8H2,1-3H3,(H,15,19)(H,16,18)(H,17,20). The highest BCUT2D eigenvalue weighted by Crippen LogP contribution is 2.16. The Labute approximate surface area is 123 Å². The zero-order valence-electron chi connectivity index (χ0n) is 12.2. The van der Waals surface area contributed by atoms with Crippen LogP contribution in [0.15, 0.2) is 24.3 Å². The van der Waals surface area contributed by atoms with E-state index >= 15 is 0 Å². The van der Waals surface area contributed by atoms with Crippen molar-refractivity contribution in [1.82, 2.24) is 16.2 Å². The van der Waals surface area contributed by atoms with E-state index in [4.69, 9.17) is 4.74 Å². The average molecular weight is 293 g/mol. The molecule has 0 unspecified atom stereocenters. The van der Waals surface area contributed by atoms with Gasteiger partial charge in [-0.15, -0.1) is 0 Å². The zero-order chi connectivity index (χ0) is 15.8. The van der Waals surface area contributed by atoms with Gasteiger partial charge in [0.05, 0.1) is 12.7 Å². The van der Waals surface area contributed by atoms with Crippen LogP contribution in [0.25, 0.3) is 0 Å². The van der Waals surface area contributed by atoms with Crippen LogP contribution in [0, 0.1) is 5.92 Å². The van der Waals surface area contributed by atoms with Crippen molar-refractivity contribution < 1.29 is 19.1 Å². The number of carbonyl (C=O) groups is 3. The zero-order valence-corrected chi connectivity index (χ0v) is 12.2. The Morgan fingerprint density at radius 2 is 1.76 bits per heavy atom. The van der Waals surface area contributed by atoms with Crippen LogP contribution in [-0.4, -0.2) is 31.4 Å².